The molecule has 1 aromatic rings. The van der Waals surface area contributed by atoms with Gasteiger partial charge in [0.15, 0.2) is 5.82 Å². The molecule has 56 valence electrons. The number of hydrogen-bond donors (Lipinski definition) is 1. The maximum Gasteiger partial charge on any atom is 0.157 e. The molecule has 0 bridgehead atoms. The fraction of sp³-hybridized carbons (Fsp3) is 0.125. The van der Waals surface area contributed by atoms with Gasteiger partial charge in [0.1, 0.15) is 0 Å². The lowest BCUT2D eigenvalue weighted by atomic mass is 10.2. The second kappa shape index (κ2) is 3.69. The molecule has 1 rings (SSSR count). The van der Waals surface area contributed by atoms with Gasteiger partial charge < -0.3 is 5.73 Å². The van der Waals surface area contributed by atoms with Gasteiger partial charge in [-0.2, -0.15) is 0 Å². The van der Waals surface area contributed by atoms with Crippen LogP contribution in [0.2, 0.25) is 0 Å². The normalized spacial score (nSPS) is 8.55. The number of nitrogens with zero attached hydrogens (tertiary/aromatic N) is 1. The summed E-state index contributed by atoms with van der Waals surface area (Å²) in [6.07, 6.45) is 2.62. The number of aromatic nitrogens is 1. The monoisotopic (exact) mass is 150 g/mol. The van der Waals surface area contributed by atoms with E-state index >= 15 is 0 Å². The summed E-state index contributed by atoms with van der Waals surface area (Å²) in [7, 11) is 0. The van der Waals surface area contributed by atoms with Crippen molar-refractivity contribution >= 4 is 0 Å². The summed E-state index contributed by atoms with van der Waals surface area (Å²) in [6, 6.07) is 1.51. The summed E-state index contributed by atoms with van der Waals surface area (Å²) >= 11 is 0. The first kappa shape index (κ1) is 7.70. The molecule has 0 atom stereocenters. The van der Waals surface area contributed by atoms with Gasteiger partial charge in [-0.1, -0.05) is 11.8 Å². The van der Waals surface area contributed by atoms with Gasteiger partial charge in [0.2, 0.25) is 0 Å². The molecule has 0 aliphatic carbocycles. The minimum absolute atomic E-state index is 0.238. The zero-order valence-electron chi connectivity index (χ0n) is 5.84. The molecule has 3 heteroatoms. The first-order valence-corrected chi connectivity index (χ1v) is 3.13. The van der Waals surface area contributed by atoms with E-state index in [0.29, 0.717) is 5.56 Å². The topological polar surface area (TPSA) is 38.9 Å². The molecule has 11 heavy (non-hydrogen) atoms. The van der Waals surface area contributed by atoms with Crippen LogP contribution in [0.4, 0.5) is 4.39 Å². The van der Waals surface area contributed by atoms with E-state index in [1.165, 1.54) is 12.3 Å². The van der Waals surface area contributed by atoms with Crippen molar-refractivity contribution in [2.24, 2.45) is 5.73 Å². The summed E-state index contributed by atoms with van der Waals surface area (Å²) in [6.45, 7) is 0.238. The van der Waals surface area contributed by atoms with E-state index in [0.717, 1.165) is 6.20 Å². The molecule has 0 fully saturated rings. The average molecular weight is 150 g/mol. The predicted molar refractivity (Wildman–Crippen MR) is 40.1 cm³/mol. The molecule has 0 aliphatic heterocycles. The van der Waals surface area contributed by atoms with Gasteiger partial charge in [-0.25, -0.2) is 4.39 Å². The Bertz CT molecular complexity index is 298. The Balaban J connectivity index is 2.95. The zero-order chi connectivity index (χ0) is 8.10. The van der Waals surface area contributed by atoms with Crippen LogP contribution in [0.15, 0.2) is 18.5 Å². The number of rotatable bonds is 0. The van der Waals surface area contributed by atoms with E-state index in [9.17, 15) is 4.39 Å². The molecule has 0 aromatic carbocycles. The minimum Gasteiger partial charge on any atom is -0.320 e. The Morgan fingerprint density at radius 2 is 2.45 bits per heavy atom. The van der Waals surface area contributed by atoms with Crippen molar-refractivity contribution in [3.63, 3.8) is 0 Å². The molecule has 0 amide bonds. The molecule has 0 saturated heterocycles. The Morgan fingerprint density at radius 1 is 1.64 bits per heavy atom. The largest absolute Gasteiger partial charge is 0.320 e. The van der Waals surface area contributed by atoms with Gasteiger partial charge in [-0.3, -0.25) is 4.98 Å². The molecule has 2 nitrogen and oxygen atoms in total. The third-order valence-corrected chi connectivity index (χ3v) is 1.10. The highest BCUT2D eigenvalue weighted by molar-refractivity contribution is 5.33. The fourth-order valence-corrected chi connectivity index (χ4v) is 0.623. The van der Waals surface area contributed by atoms with E-state index in [4.69, 9.17) is 5.73 Å². The molecular weight excluding hydrogens is 143 g/mol. The van der Waals surface area contributed by atoms with Crippen molar-refractivity contribution in [3.05, 3.63) is 29.8 Å². The first-order valence-electron chi connectivity index (χ1n) is 3.13. The standard InChI is InChI=1S/C8H7FN2/c9-8-6-11-5-3-7(8)2-1-4-10/h3,5-6H,4,10H2. The molecule has 0 aliphatic rings. The van der Waals surface area contributed by atoms with Crippen molar-refractivity contribution in [2.45, 2.75) is 0 Å². The summed E-state index contributed by atoms with van der Waals surface area (Å²) in [5.41, 5.74) is 5.45. The third-order valence-electron chi connectivity index (χ3n) is 1.10. The highest BCUT2D eigenvalue weighted by atomic mass is 19.1. The Kier molecular flexibility index (Phi) is 2.59. The van der Waals surface area contributed by atoms with E-state index in [-0.39, 0.29) is 6.54 Å². The number of halogens is 1. The lowest BCUT2D eigenvalue weighted by molar-refractivity contribution is 0.618. The van der Waals surface area contributed by atoms with Crippen LogP contribution in [0.3, 0.4) is 0 Å². The van der Waals surface area contributed by atoms with Crippen LogP contribution in [0.25, 0.3) is 0 Å². The molecule has 1 aromatic heterocycles. The second-order valence-electron chi connectivity index (χ2n) is 1.86. The highest BCUT2D eigenvalue weighted by Gasteiger charge is 1.94. The summed E-state index contributed by atoms with van der Waals surface area (Å²) in [5.74, 6) is 4.73. The van der Waals surface area contributed by atoms with Gasteiger partial charge in [0, 0.05) is 6.20 Å². The highest BCUT2D eigenvalue weighted by Crippen LogP contribution is 2.00. The minimum atomic E-state index is -0.409. The van der Waals surface area contributed by atoms with Crippen LogP contribution in [-0.4, -0.2) is 11.5 Å². The molecule has 2 N–H and O–H groups in total. The lowest BCUT2D eigenvalue weighted by Crippen LogP contribution is -1.93. The van der Waals surface area contributed by atoms with Crippen LogP contribution < -0.4 is 5.73 Å². The number of nitrogens with two attached hydrogens (primary N) is 1. The molecule has 0 saturated carbocycles. The van der Waals surface area contributed by atoms with Crippen molar-refractivity contribution in [3.8, 4) is 11.8 Å². The Morgan fingerprint density at radius 3 is 3.09 bits per heavy atom. The Hall–Kier alpha value is -1.40. The quantitative estimate of drug-likeness (QED) is 0.548. The molecule has 1 heterocycles. The van der Waals surface area contributed by atoms with Crippen molar-refractivity contribution in [1.29, 1.82) is 0 Å². The second-order valence-corrected chi connectivity index (χ2v) is 1.86. The van der Waals surface area contributed by atoms with Crippen LogP contribution in [-0.2, 0) is 0 Å². The van der Waals surface area contributed by atoms with Crippen LogP contribution in [0.1, 0.15) is 5.56 Å². The SMILES string of the molecule is NCC#Cc1ccncc1F. The van der Waals surface area contributed by atoms with Gasteiger partial charge in [0.05, 0.1) is 18.3 Å². The lowest BCUT2D eigenvalue weighted by Gasteiger charge is -1.89. The average Bonchev–Trinajstić information content (AvgIpc) is 2.03. The Labute approximate surface area is 64.3 Å². The number of pyridine rings is 1. The van der Waals surface area contributed by atoms with Gasteiger partial charge in [-0.05, 0) is 6.07 Å². The summed E-state index contributed by atoms with van der Waals surface area (Å²) < 4.78 is 12.7. The van der Waals surface area contributed by atoms with Crippen molar-refractivity contribution < 1.29 is 4.39 Å². The van der Waals surface area contributed by atoms with E-state index in [1.54, 1.807) is 0 Å². The van der Waals surface area contributed by atoms with E-state index < -0.39 is 5.82 Å². The zero-order valence-corrected chi connectivity index (χ0v) is 5.84. The maximum absolute atomic E-state index is 12.7. The van der Waals surface area contributed by atoms with E-state index in [1.807, 2.05) is 0 Å². The maximum atomic E-state index is 12.7. The van der Waals surface area contributed by atoms with Crippen LogP contribution >= 0.6 is 0 Å². The molecule has 0 spiro atoms. The van der Waals surface area contributed by atoms with Gasteiger partial charge in [-0.15, -0.1) is 0 Å². The number of hydrogen-bond acceptors (Lipinski definition) is 2. The summed E-state index contributed by atoms with van der Waals surface area (Å²) in [4.78, 5) is 3.58. The molecule has 0 unspecified atom stereocenters. The van der Waals surface area contributed by atoms with Gasteiger partial charge >= 0.3 is 0 Å². The first-order chi connectivity index (χ1) is 5.34. The van der Waals surface area contributed by atoms with Crippen LogP contribution in [0, 0.1) is 17.7 Å². The van der Waals surface area contributed by atoms with E-state index in [2.05, 4.69) is 16.8 Å². The smallest absolute Gasteiger partial charge is 0.157 e. The van der Waals surface area contributed by atoms with Crippen molar-refractivity contribution in [2.75, 3.05) is 6.54 Å². The fourth-order valence-electron chi connectivity index (χ4n) is 0.623. The predicted octanol–water partition coefficient (Wildman–Crippen LogP) is 0.531. The molecular formula is C8H7FN2. The van der Waals surface area contributed by atoms with Crippen LogP contribution in [0.5, 0.6) is 0 Å². The van der Waals surface area contributed by atoms with Crippen molar-refractivity contribution in [1.82, 2.24) is 4.98 Å². The molecule has 0 radical (unpaired) electrons. The van der Waals surface area contributed by atoms with Gasteiger partial charge in [0.25, 0.3) is 0 Å². The third kappa shape index (κ3) is 2.03. The summed E-state index contributed by atoms with van der Waals surface area (Å²) in [5, 5.41) is 0.